The van der Waals surface area contributed by atoms with Gasteiger partial charge in [-0.3, -0.25) is 4.99 Å². The van der Waals surface area contributed by atoms with E-state index in [0.717, 1.165) is 24.7 Å². The largest absolute Gasteiger partial charge is 0.379 e. The molecule has 0 aromatic heterocycles. The molecule has 1 unspecified atom stereocenters. The van der Waals surface area contributed by atoms with Gasteiger partial charge in [0.15, 0.2) is 5.96 Å². The highest BCUT2D eigenvalue weighted by Crippen LogP contribution is 2.07. The summed E-state index contributed by atoms with van der Waals surface area (Å²) >= 11 is 0. The average molecular weight is 428 g/mol. The smallest absolute Gasteiger partial charge is 0.191 e. The minimum absolute atomic E-state index is 0.374. The Kier molecular flexibility index (Phi) is 12.3. The summed E-state index contributed by atoms with van der Waals surface area (Å²) in [6.07, 6.45) is 0. The van der Waals surface area contributed by atoms with Gasteiger partial charge in [0.25, 0.3) is 0 Å². The molecule has 0 bridgehead atoms. The molecular weight excluding hydrogens is 390 g/mol. The minimum atomic E-state index is 0.374. The summed E-state index contributed by atoms with van der Waals surface area (Å²) < 4.78 is 16.8. The second-order valence-corrected chi connectivity index (χ2v) is 7.48. The van der Waals surface area contributed by atoms with Gasteiger partial charge in [0, 0.05) is 26.7 Å². The molecule has 31 heavy (non-hydrogen) atoms. The summed E-state index contributed by atoms with van der Waals surface area (Å²) in [7, 11) is 1.79. The van der Waals surface area contributed by atoms with Crippen LogP contribution in [0.25, 0.3) is 0 Å². The lowest BCUT2D eigenvalue weighted by molar-refractivity contribution is 0.0453. The van der Waals surface area contributed by atoms with Gasteiger partial charge < -0.3 is 24.8 Å². The van der Waals surface area contributed by atoms with Crippen molar-refractivity contribution in [3.63, 3.8) is 0 Å². The van der Waals surface area contributed by atoms with Gasteiger partial charge in [-0.05, 0) is 29.5 Å². The van der Waals surface area contributed by atoms with Crippen molar-refractivity contribution < 1.29 is 14.2 Å². The number of hydrogen-bond donors (Lipinski definition) is 2. The summed E-state index contributed by atoms with van der Waals surface area (Å²) in [6.45, 7) is 9.55. The maximum absolute atomic E-state index is 5.82. The van der Waals surface area contributed by atoms with Crippen LogP contribution in [0.2, 0.25) is 0 Å². The Labute approximate surface area is 187 Å². The molecule has 6 nitrogen and oxygen atoms in total. The van der Waals surface area contributed by atoms with Crippen molar-refractivity contribution >= 4 is 5.96 Å². The number of rotatable bonds is 14. The Morgan fingerprint density at radius 1 is 0.871 bits per heavy atom. The number of nitrogens with one attached hydrogen (secondary N) is 2. The van der Waals surface area contributed by atoms with E-state index in [1.54, 1.807) is 7.05 Å². The van der Waals surface area contributed by atoms with Gasteiger partial charge in [-0.25, -0.2) is 0 Å². The Balaban J connectivity index is 1.65. The average Bonchev–Trinajstić information content (AvgIpc) is 2.80. The zero-order valence-electron chi connectivity index (χ0n) is 19.1. The van der Waals surface area contributed by atoms with Gasteiger partial charge in [-0.2, -0.15) is 0 Å². The highest BCUT2D eigenvalue weighted by molar-refractivity contribution is 5.79. The van der Waals surface area contributed by atoms with E-state index in [-0.39, 0.29) is 0 Å². The predicted octanol–water partition coefficient (Wildman–Crippen LogP) is 3.76. The SMILES string of the molecule is CCOCCOCc1cccc(CNC(=NC)NCC(C)COCc2ccccc2)c1. The molecule has 0 spiro atoms. The summed E-state index contributed by atoms with van der Waals surface area (Å²) in [5.41, 5.74) is 3.54. The van der Waals surface area contributed by atoms with Crippen LogP contribution >= 0.6 is 0 Å². The van der Waals surface area contributed by atoms with Crippen LogP contribution in [0.4, 0.5) is 0 Å². The quantitative estimate of drug-likeness (QED) is 0.273. The van der Waals surface area contributed by atoms with E-state index in [1.807, 2.05) is 25.1 Å². The highest BCUT2D eigenvalue weighted by atomic mass is 16.5. The van der Waals surface area contributed by atoms with Crippen molar-refractivity contribution in [2.45, 2.75) is 33.6 Å². The molecule has 1 atom stereocenters. The molecule has 0 fully saturated rings. The van der Waals surface area contributed by atoms with Crippen LogP contribution in [-0.2, 0) is 34.0 Å². The molecule has 0 heterocycles. The molecule has 0 radical (unpaired) electrons. The van der Waals surface area contributed by atoms with Crippen LogP contribution in [0.1, 0.15) is 30.5 Å². The second kappa shape index (κ2) is 15.4. The molecular formula is C25H37N3O3. The van der Waals surface area contributed by atoms with E-state index < -0.39 is 0 Å². The predicted molar refractivity (Wildman–Crippen MR) is 126 cm³/mol. The van der Waals surface area contributed by atoms with Gasteiger partial charge in [0.2, 0.25) is 0 Å². The summed E-state index contributed by atoms with van der Waals surface area (Å²) in [5, 5.41) is 6.75. The van der Waals surface area contributed by atoms with Gasteiger partial charge >= 0.3 is 0 Å². The summed E-state index contributed by atoms with van der Waals surface area (Å²) in [4.78, 5) is 4.32. The third-order valence-electron chi connectivity index (χ3n) is 4.65. The zero-order valence-corrected chi connectivity index (χ0v) is 19.1. The first kappa shape index (κ1) is 24.9. The fourth-order valence-electron chi connectivity index (χ4n) is 2.97. The lowest BCUT2D eigenvalue weighted by Crippen LogP contribution is -2.39. The third kappa shape index (κ3) is 11.0. The molecule has 2 rings (SSSR count). The van der Waals surface area contributed by atoms with Crippen LogP contribution in [0, 0.1) is 5.92 Å². The number of hydrogen-bond acceptors (Lipinski definition) is 4. The van der Waals surface area contributed by atoms with E-state index in [2.05, 4.69) is 58.9 Å². The highest BCUT2D eigenvalue weighted by Gasteiger charge is 2.05. The van der Waals surface area contributed by atoms with Gasteiger partial charge in [0.1, 0.15) is 0 Å². The third-order valence-corrected chi connectivity index (χ3v) is 4.65. The Morgan fingerprint density at radius 3 is 2.35 bits per heavy atom. The van der Waals surface area contributed by atoms with Crippen molar-refractivity contribution in [2.24, 2.45) is 10.9 Å². The summed E-state index contributed by atoms with van der Waals surface area (Å²) in [6, 6.07) is 18.6. The lowest BCUT2D eigenvalue weighted by Gasteiger charge is -2.16. The van der Waals surface area contributed by atoms with Gasteiger partial charge in [0.05, 0.1) is 33.0 Å². The molecule has 0 aliphatic carbocycles. The molecule has 0 amide bonds. The van der Waals surface area contributed by atoms with E-state index in [0.29, 0.717) is 45.5 Å². The lowest BCUT2D eigenvalue weighted by atomic mass is 10.1. The Morgan fingerprint density at radius 2 is 1.58 bits per heavy atom. The maximum atomic E-state index is 5.82. The molecule has 0 aliphatic heterocycles. The van der Waals surface area contributed by atoms with E-state index in [4.69, 9.17) is 14.2 Å². The molecule has 0 aliphatic rings. The van der Waals surface area contributed by atoms with Crippen molar-refractivity contribution in [1.29, 1.82) is 0 Å². The molecule has 6 heteroatoms. The number of guanidine groups is 1. The van der Waals surface area contributed by atoms with Crippen LogP contribution in [0.3, 0.4) is 0 Å². The van der Waals surface area contributed by atoms with Gasteiger partial charge in [-0.15, -0.1) is 0 Å². The molecule has 0 saturated carbocycles. The van der Waals surface area contributed by atoms with Crippen LogP contribution < -0.4 is 10.6 Å². The molecule has 2 aromatic rings. The van der Waals surface area contributed by atoms with Crippen LogP contribution in [0.5, 0.6) is 0 Å². The fourth-order valence-corrected chi connectivity index (χ4v) is 2.97. The minimum Gasteiger partial charge on any atom is -0.379 e. The van der Waals surface area contributed by atoms with Crippen molar-refractivity contribution in [2.75, 3.05) is 40.0 Å². The molecule has 0 saturated heterocycles. The molecule has 2 N–H and O–H groups in total. The van der Waals surface area contributed by atoms with E-state index in [1.165, 1.54) is 11.1 Å². The number of aliphatic imine (C=N–C) groups is 1. The number of ether oxygens (including phenoxy) is 3. The molecule has 2 aromatic carbocycles. The molecule has 170 valence electrons. The summed E-state index contributed by atoms with van der Waals surface area (Å²) in [5.74, 6) is 1.16. The second-order valence-electron chi connectivity index (χ2n) is 7.48. The van der Waals surface area contributed by atoms with E-state index >= 15 is 0 Å². The first-order chi connectivity index (χ1) is 15.2. The van der Waals surface area contributed by atoms with Gasteiger partial charge in [-0.1, -0.05) is 61.5 Å². The first-order valence-electron chi connectivity index (χ1n) is 11.0. The van der Waals surface area contributed by atoms with E-state index in [9.17, 15) is 0 Å². The van der Waals surface area contributed by atoms with Crippen LogP contribution in [-0.4, -0.2) is 46.0 Å². The Hall–Kier alpha value is -2.41. The Bertz CT molecular complexity index is 753. The zero-order chi connectivity index (χ0) is 22.2. The fraction of sp³-hybridized carbons (Fsp3) is 0.480. The maximum Gasteiger partial charge on any atom is 0.191 e. The number of nitrogens with zero attached hydrogens (tertiary/aromatic N) is 1. The monoisotopic (exact) mass is 427 g/mol. The van der Waals surface area contributed by atoms with Crippen molar-refractivity contribution in [1.82, 2.24) is 10.6 Å². The normalized spacial score (nSPS) is 12.5. The topological polar surface area (TPSA) is 64.1 Å². The standard InChI is InChI=1S/C25H37N3O3/c1-4-29-13-14-30-20-24-12-8-11-23(15-24)17-28-25(26-3)27-16-21(2)18-31-19-22-9-6-5-7-10-22/h5-12,15,21H,4,13-14,16-20H2,1-3H3,(H2,26,27,28). The van der Waals surface area contributed by atoms with Crippen LogP contribution in [0.15, 0.2) is 59.6 Å². The van der Waals surface area contributed by atoms with Crippen molar-refractivity contribution in [3.05, 3.63) is 71.3 Å². The number of benzene rings is 2. The van der Waals surface area contributed by atoms with Crippen molar-refractivity contribution in [3.8, 4) is 0 Å². The first-order valence-corrected chi connectivity index (χ1v) is 11.0.